The summed E-state index contributed by atoms with van der Waals surface area (Å²) < 4.78 is 7.14. The maximum Gasteiger partial charge on any atom is 0.146 e. The van der Waals surface area contributed by atoms with Gasteiger partial charge in [0.2, 0.25) is 0 Å². The molecule has 0 fully saturated rings. The van der Waals surface area contributed by atoms with Crippen LogP contribution in [-0.4, -0.2) is 28.5 Å². The van der Waals surface area contributed by atoms with Crippen molar-refractivity contribution in [3.05, 3.63) is 11.6 Å². The van der Waals surface area contributed by atoms with Gasteiger partial charge in [-0.25, -0.2) is 0 Å². The van der Waals surface area contributed by atoms with E-state index in [2.05, 4.69) is 28.6 Å². The zero-order valence-electron chi connectivity index (χ0n) is 9.73. The van der Waals surface area contributed by atoms with E-state index in [-0.39, 0.29) is 0 Å². The Bertz CT molecular complexity index is 296. The van der Waals surface area contributed by atoms with Crippen molar-refractivity contribution in [1.82, 2.24) is 14.8 Å². The van der Waals surface area contributed by atoms with Gasteiger partial charge < -0.3 is 15.0 Å². The molecule has 0 bridgehead atoms. The van der Waals surface area contributed by atoms with E-state index in [1.807, 2.05) is 0 Å². The van der Waals surface area contributed by atoms with Crippen LogP contribution in [0.15, 0.2) is 0 Å². The van der Waals surface area contributed by atoms with Crippen molar-refractivity contribution in [3.8, 4) is 0 Å². The number of hydrogen-bond acceptors (Lipinski definition) is 4. The summed E-state index contributed by atoms with van der Waals surface area (Å²) in [6, 6.07) is 0. The molecule has 0 aliphatic heterocycles. The number of hydrogen-bond donors (Lipinski definition) is 1. The van der Waals surface area contributed by atoms with Gasteiger partial charge in [-0.15, -0.1) is 10.2 Å². The van der Waals surface area contributed by atoms with Crippen LogP contribution in [0.3, 0.4) is 0 Å². The summed E-state index contributed by atoms with van der Waals surface area (Å²) in [5, 5.41) is 8.20. The zero-order chi connectivity index (χ0) is 11.3. The van der Waals surface area contributed by atoms with Gasteiger partial charge in [-0.05, 0) is 5.92 Å². The molecule has 0 radical (unpaired) electrons. The third kappa shape index (κ3) is 3.28. The fourth-order valence-corrected chi connectivity index (χ4v) is 1.48. The van der Waals surface area contributed by atoms with Gasteiger partial charge >= 0.3 is 0 Å². The van der Waals surface area contributed by atoms with Gasteiger partial charge in [0.25, 0.3) is 0 Å². The highest BCUT2D eigenvalue weighted by molar-refractivity contribution is 4.96. The molecule has 0 saturated heterocycles. The molecule has 0 aromatic carbocycles. The third-order valence-electron chi connectivity index (χ3n) is 2.16. The number of nitrogens with zero attached hydrogens (tertiary/aromatic N) is 3. The normalized spacial score (nSPS) is 11.3. The lowest BCUT2D eigenvalue weighted by molar-refractivity contribution is 0.199. The molecular formula is C10H20N4O. The molecule has 0 unspecified atom stereocenters. The minimum absolute atomic E-state index is 0.437. The average molecular weight is 212 g/mol. The van der Waals surface area contributed by atoms with Gasteiger partial charge in [-0.2, -0.15) is 0 Å². The van der Waals surface area contributed by atoms with Crippen molar-refractivity contribution < 1.29 is 4.74 Å². The number of aromatic nitrogens is 3. The summed E-state index contributed by atoms with van der Waals surface area (Å²) in [5.74, 6) is 2.38. The summed E-state index contributed by atoms with van der Waals surface area (Å²) in [5.41, 5.74) is 5.61. The smallest absolute Gasteiger partial charge is 0.146 e. The Morgan fingerprint density at radius 2 is 2.00 bits per heavy atom. The van der Waals surface area contributed by atoms with Gasteiger partial charge in [0, 0.05) is 20.1 Å². The SMILES string of the molecule is COCCc1nnc(CN)n1CC(C)C. The van der Waals surface area contributed by atoms with Crippen LogP contribution in [0.5, 0.6) is 0 Å². The molecule has 0 aliphatic rings. The molecule has 0 aliphatic carbocycles. The molecule has 1 heterocycles. The summed E-state index contributed by atoms with van der Waals surface area (Å²) in [4.78, 5) is 0. The first-order chi connectivity index (χ1) is 7.19. The molecule has 0 atom stereocenters. The Morgan fingerprint density at radius 1 is 1.33 bits per heavy atom. The minimum Gasteiger partial charge on any atom is -0.384 e. The van der Waals surface area contributed by atoms with Crippen LogP contribution >= 0.6 is 0 Å². The van der Waals surface area contributed by atoms with Gasteiger partial charge in [-0.1, -0.05) is 13.8 Å². The largest absolute Gasteiger partial charge is 0.384 e. The quantitative estimate of drug-likeness (QED) is 0.749. The molecule has 0 amide bonds. The Labute approximate surface area is 90.6 Å². The fourth-order valence-electron chi connectivity index (χ4n) is 1.48. The van der Waals surface area contributed by atoms with Crippen molar-refractivity contribution in [2.45, 2.75) is 33.4 Å². The van der Waals surface area contributed by atoms with E-state index >= 15 is 0 Å². The van der Waals surface area contributed by atoms with Crippen molar-refractivity contribution in [2.24, 2.45) is 11.7 Å². The predicted octanol–water partition coefficient (Wildman–Crippen LogP) is 0.582. The topological polar surface area (TPSA) is 66.0 Å². The van der Waals surface area contributed by atoms with E-state index in [0.717, 1.165) is 24.6 Å². The summed E-state index contributed by atoms with van der Waals surface area (Å²) in [7, 11) is 1.69. The molecule has 5 heteroatoms. The number of nitrogens with two attached hydrogens (primary N) is 1. The molecule has 15 heavy (non-hydrogen) atoms. The monoisotopic (exact) mass is 212 g/mol. The number of methoxy groups -OCH3 is 1. The van der Waals surface area contributed by atoms with Gasteiger partial charge in [0.1, 0.15) is 11.6 Å². The zero-order valence-corrected chi connectivity index (χ0v) is 9.73. The lowest BCUT2D eigenvalue weighted by Crippen LogP contribution is -2.15. The Kier molecular flexibility index (Phi) is 4.71. The van der Waals surface area contributed by atoms with E-state index in [4.69, 9.17) is 10.5 Å². The molecule has 1 aromatic heterocycles. The van der Waals surface area contributed by atoms with Crippen molar-refractivity contribution in [2.75, 3.05) is 13.7 Å². The van der Waals surface area contributed by atoms with Crippen LogP contribution in [0.4, 0.5) is 0 Å². The summed E-state index contributed by atoms with van der Waals surface area (Å²) in [6.07, 6.45) is 0.788. The van der Waals surface area contributed by atoms with E-state index in [1.54, 1.807) is 7.11 Å². The molecular weight excluding hydrogens is 192 g/mol. The average Bonchev–Trinajstić information content (AvgIpc) is 2.57. The molecule has 5 nitrogen and oxygen atoms in total. The maximum absolute atomic E-state index is 5.61. The lowest BCUT2D eigenvalue weighted by atomic mass is 10.2. The van der Waals surface area contributed by atoms with E-state index in [1.165, 1.54) is 0 Å². The first-order valence-electron chi connectivity index (χ1n) is 5.29. The van der Waals surface area contributed by atoms with Crippen LogP contribution in [0.1, 0.15) is 25.5 Å². The first-order valence-corrected chi connectivity index (χ1v) is 5.29. The van der Waals surface area contributed by atoms with Gasteiger partial charge in [0.15, 0.2) is 0 Å². The lowest BCUT2D eigenvalue weighted by Gasteiger charge is -2.11. The molecule has 86 valence electrons. The Morgan fingerprint density at radius 3 is 2.53 bits per heavy atom. The van der Waals surface area contributed by atoms with Gasteiger partial charge in [-0.3, -0.25) is 0 Å². The maximum atomic E-state index is 5.61. The molecule has 1 aromatic rings. The van der Waals surface area contributed by atoms with Crippen LogP contribution < -0.4 is 5.73 Å². The standard InChI is InChI=1S/C10H20N4O/c1-8(2)7-14-9(4-5-15-3)12-13-10(14)6-11/h8H,4-7,11H2,1-3H3. The van der Waals surface area contributed by atoms with E-state index in [9.17, 15) is 0 Å². The Hall–Kier alpha value is -0.940. The molecule has 0 spiro atoms. The van der Waals surface area contributed by atoms with E-state index in [0.29, 0.717) is 19.1 Å². The highest BCUT2D eigenvalue weighted by Crippen LogP contribution is 2.07. The summed E-state index contributed by atoms with van der Waals surface area (Å²) in [6.45, 7) is 6.35. The Balaban J connectivity index is 2.80. The van der Waals surface area contributed by atoms with Crippen molar-refractivity contribution in [3.63, 3.8) is 0 Å². The molecule has 2 N–H and O–H groups in total. The van der Waals surface area contributed by atoms with Crippen LogP contribution in [0, 0.1) is 5.92 Å². The summed E-state index contributed by atoms with van der Waals surface area (Å²) >= 11 is 0. The minimum atomic E-state index is 0.437. The molecule has 0 saturated carbocycles. The second-order valence-corrected chi connectivity index (χ2v) is 3.98. The second-order valence-electron chi connectivity index (χ2n) is 3.98. The molecule has 1 rings (SSSR count). The fraction of sp³-hybridized carbons (Fsp3) is 0.800. The number of rotatable bonds is 6. The highest BCUT2D eigenvalue weighted by Gasteiger charge is 2.11. The van der Waals surface area contributed by atoms with Crippen LogP contribution in [0.25, 0.3) is 0 Å². The predicted molar refractivity (Wildman–Crippen MR) is 58.3 cm³/mol. The highest BCUT2D eigenvalue weighted by atomic mass is 16.5. The van der Waals surface area contributed by atoms with Crippen molar-refractivity contribution >= 4 is 0 Å². The first kappa shape index (κ1) is 12.1. The second kappa shape index (κ2) is 5.82. The van der Waals surface area contributed by atoms with E-state index < -0.39 is 0 Å². The third-order valence-corrected chi connectivity index (χ3v) is 2.16. The van der Waals surface area contributed by atoms with Crippen LogP contribution in [-0.2, 0) is 24.2 Å². The number of ether oxygens (including phenoxy) is 1. The van der Waals surface area contributed by atoms with Crippen molar-refractivity contribution in [1.29, 1.82) is 0 Å². The van der Waals surface area contributed by atoms with Gasteiger partial charge in [0.05, 0.1) is 13.2 Å². The van der Waals surface area contributed by atoms with Crippen LogP contribution in [0.2, 0.25) is 0 Å².